The van der Waals surface area contributed by atoms with Gasteiger partial charge in [0.05, 0.1) is 13.0 Å². The number of aromatic nitrogens is 2. The van der Waals surface area contributed by atoms with Gasteiger partial charge in [-0.1, -0.05) is 36.4 Å². The molecular weight excluding hydrogens is 503 g/mol. The Balaban J connectivity index is 1.42. The highest BCUT2D eigenvalue weighted by atomic mass is 19.4. The largest absolute Gasteiger partial charge is 0.495 e. The highest BCUT2D eigenvalue weighted by molar-refractivity contribution is 5.86. The van der Waals surface area contributed by atoms with Gasteiger partial charge in [0.15, 0.2) is 0 Å². The number of benzene rings is 2. The number of anilines is 1. The average molecular weight is 527 g/mol. The number of rotatable bonds is 10. The molecule has 0 amide bonds. The van der Waals surface area contributed by atoms with Crippen LogP contribution in [0.25, 0.3) is 10.9 Å². The molecule has 0 radical (unpaired) electrons. The van der Waals surface area contributed by atoms with E-state index in [0.717, 1.165) is 34.3 Å². The molecule has 0 saturated heterocycles. The lowest BCUT2D eigenvalue weighted by atomic mass is 9.88. The first-order chi connectivity index (χ1) is 18.3. The second-order valence-corrected chi connectivity index (χ2v) is 8.29. The molecule has 4 aromatic rings. The molecule has 2 N–H and O–H groups in total. The fourth-order valence-electron chi connectivity index (χ4n) is 3.88. The number of nitrogens with zero attached hydrogens (tertiary/aromatic N) is 1. The van der Waals surface area contributed by atoms with Crippen molar-refractivity contribution in [1.29, 1.82) is 0 Å². The molecule has 198 valence electrons. The summed E-state index contributed by atoms with van der Waals surface area (Å²) in [6.07, 6.45) is -1.44. The predicted octanol–water partition coefficient (Wildman–Crippen LogP) is 5.53. The zero-order valence-electron chi connectivity index (χ0n) is 20.0. The van der Waals surface area contributed by atoms with Crippen molar-refractivity contribution in [3.05, 3.63) is 90.3 Å². The quantitative estimate of drug-likeness (QED) is 0.159. The van der Waals surface area contributed by atoms with Gasteiger partial charge in [0, 0.05) is 41.8 Å². The van der Waals surface area contributed by atoms with Crippen LogP contribution in [0.2, 0.25) is 0 Å². The van der Waals surface area contributed by atoms with Crippen molar-refractivity contribution in [2.75, 3.05) is 18.5 Å². The molecule has 0 aliphatic rings. The predicted molar refractivity (Wildman–Crippen MR) is 132 cm³/mol. The van der Waals surface area contributed by atoms with E-state index in [0.29, 0.717) is 18.9 Å². The van der Waals surface area contributed by atoms with Crippen molar-refractivity contribution in [3.63, 3.8) is 0 Å². The molecule has 0 aliphatic heterocycles. The van der Waals surface area contributed by atoms with Crippen molar-refractivity contribution >= 4 is 28.7 Å². The first-order valence-electron chi connectivity index (χ1n) is 11.7. The van der Waals surface area contributed by atoms with Crippen LogP contribution in [0.4, 0.5) is 19.0 Å². The van der Waals surface area contributed by atoms with E-state index in [9.17, 15) is 22.8 Å². The average Bonchev–Trinajstić information content (AvgIpc) is 3.33. The number of nitrogens with one attached hydrogen (secondary N) is 2. The summed E-state index contributed by atoms with van der Waals surface area (Å²) < 4.78 is 42.9. The number of hydrogen-bond acceptors (Lipinski definition) is 7. The summed E-state index contributed by atoms with van der Waals surface area (Å²) >= 11 is 0. The van der Waals surface area contributed by atoms with Gasteiger partial charge in [-0.05, 0) is 41.8 Å². The maximum atomic E-state index is 12.4. The van der Waals surface area contributed by atoms with Gasteiger partial charge >= 0.3 is 18.1 Å². The molecule has 4 rings (SSSR count). The number of aromatic amines is 1. The van der Waals surface area contributed by atoms with Crippen molar-refractivity contribution in [2.24, 2.45) is 0 Å². The molecule has 0 aliphatic carbocycles. The number of ether oxygens (including phenoxy) is 1. The van der Waals surface area contributed by atoms with E-state index in [-0.39, 0.29) is 6.42 Å². The molecule has 38 heavy (non-hydrogen) atoms. The number of hydrogen-bond donors (Lipinski definition) is 2. The monoisotopic (exact) mass is 527 g/mol. The number of alkyl halides is 3. The van der Waals surface area contributed by atoms with Gasteiger partial charge in [0.25, 0.3) is 0 Å². The van der Waals surface area contributed by atoms with E-state index in [4.69, 9.17) is 4.74 Å². The van der Waals surface area contributed by atoms with Crippen LogP contribution in [0, 0.1) is 0 Å². The molecule has 0 bridgehead atoms. The number of carbonyl (C=O) groups is 2. The van der Waals surface area contributed by atoms with Crippen molar-refractivity contribution < 1.29 is 37.3 Å². The molecule has 1 unspecified atom stereocenters. The first-order valence-corrected chi connectivity index (χ1v) is 11.7. The van der Waals surface area contributed by atoms with Crippen LogP contribution in [0.1, 0.15) is 29.9 Å². The summed E-state index contributed by atoms with van der Waals surface area (Å²) in [4.78, 5) is 38.4. The molecule has 0 saturated carbocycles. The third-order valence-corrected chi connectivity index (χ3v) is 5.64. The van der Waals surface area contributed by atoms with Gasteiger partial charge in [-0.15, -0.1) is 0 Å². The first kappa shape index (κ1) is 26.5. The summed E-state index contributed by atoms with van der Waals surface area (Å²) in [5.41, 5.74) is 2.20. The van der Waals surface area contributed by atoms with Gasteiger partial charge in [-0.25, -0.2) is 24.3 Å². The number of carbonyl (C=O) groups excluding carboxylic acids is 2. The molecule has 2 aromatic heterocycles. The lowest BCUT2D eigenvalue weighted by Crippen LogP contribution is -2.27. The molecule has 2 aromatic carbocycles. The Bertz CT molecular complexity index is 1360. The van der Waals surface area contributed by atoms with E-state index < -0.39 is 24.0 Å². The van der Waals surface area contributed by atoms with E-state index in [1.165, 1.54) is 0 Å². The van der Waals surface area contributed by atoms with Crippen molar-refractivity contribution in [1.82, 2.24) is 9.97 Å². The topological polar surface area (TPSA) is 103 Å². The van der Waals surface area contributed by atoms with Gasteiger partial charge in [-0.3, -0.25) is 0 Å². The highest BCUT2D eigenvalue weighted by Gasteiger charge is 2.43. The fraction of sp³-hybridized carbons (Fsp3) is 0.222. The number of pyridine rings is 1. The van der Waals surface area contributed by atoms with E-state index in [1.54, 1.807) is 48.8 Å². The molecule has 11 heteroatoms. The van der Waals surface area contributed by atoms with Gasteiger partial charge in [0.1, 0.15) is 11.6 Å². The molecule has 0 fully saturated rings. The summed E-state index contributed by atoms with van der Waals surface area (Å²) in [5.74, 6) is -2.85. The second-order valence-electron chi connectivity index (χ2n) is 8.29. The number of H-pyrrole nitrogens is 1. The van der Waals surface area contributed by atoms with Gasteiger partial charge in [0.2, 0.25) is 0 Å². The Morgan fingerprint density at radius 3 is 2.53 bits per heavy atom. The van der Waals surface area contributed by atoms with E-state index in [2.05, 4.69) is 25.1 Å². The minimum Gasteiger partial charge on any atom is -0.493 e. The number of fused-ring (bicyclic) bond motifs is 1. The summed E-state index contributed by atoms with van der Waals surface area (Å²) in [6.45, 7) is 1.17. The third kappa shape index (κ3) is 7.02. The summed E-state index contributed by atoms with van der Waals surface area (Å²) in [6, 6.07) is 20.0. The Morgan fingerprint density at radius 2 is 1.79 bits per heavy atom. The van der Waals surface area contributed by atoms with Crippen molar-refractivity contribution in [2.45, 2.75) is 24.9 Å². The normalized spacial score (nSPS) is 12.1. The zero-order valence-corrected chi connectivity index (χ0v) is 20.0. The standard InChI is InChI=1S/C27H24F3N3O5/c28-27(29,30)26(35)38-37-25(34)16-21(18-7-2-1-3-8-18)22-17-33-23-15-19(10-11-20(22)23)36-14-6-13-32-24-9-4-5-12-31-24/h1-5,7-12,15,17,21,33H,6,13-14,16H2,(H,31,32). The van der Waals surface area contributed by atoms with Crippen molar-refractivity contribution in [3.8, 4) is 5.75 Å². The Kier molecular flexibility index (Phi) is 8.47. The minimum absolute atomic E-state index is 0.358. The van der Waals surface area contributed by atoms with Gasteiger partial charge in [-0.2, -0.15) is 13.2 Å². The van der Waals surface area contributed by atoms with Crippen LogP contribution in [-0.4, -0.2) is 41.2 Å². The molecular formula is C27H24F3N3O5. The molecule has 2 heterocycles. The maximum Gasteiger partial charge on any atom is 0.495 e. The van der Waals surface area contributed by atoms with E-state index >= 15 is 0 Å². The third-order valence-electron chi connectivity index (χ3n) is 5.64. The number of halogens is 3. The molecule has 0 spiro atoms. The Labute approximate surface area is 215 Å². The van der Waals surface area contributed by atoms with Crippen LogP contribution in [0.5, 0.6) is 5.75 Å². The summed E-state index contributed by atoms with van der Waals surface area (Å²) in [5, 5.41) is 4.01. The van der Waals surface area contributed by atoms with Crippen LogP contribution < -0.4 is 10.1 Å². The lowest BCUT2D eigenvalue weighted by Gasteiger charge is -2.16. The summed E-state index contributed by atoms with van der Waals surface area (Å²) in [7, 11) is 0. The zero-order chi connectivity index (χ0) is 27.0. The van der Waals surface area contributed by atoms with E-state index in [1.807, 2.05) is 30.3 Å². The van der Waals surface area contributed by atoms with Crippen LogP contribution in [-0.2, 0) is 19.4 Å². The maximum absolute atomic E-state index is 12.4. The second kappa shape index (κ2) is 12.1. The van der Waals surface area contributed by atoms with Gasteiger partial charge < -0.3 is 15.0 Å². The Morgan fingerprint density at radius 1 is 1.00 bits per heavy atom. The highest BCUT2D eigenvalue weighted by Crippen LogP contribution is 2.35. The Hall–Kier alpha value is -4.54. The van der Waals surface area contributed by atoms with Crippen LogP contribution in [0.15, 0.2) is 79.1 Å². The SMILES string of the molecule is O=C(CC(c1ccccc1)c1c[nH]c2cc(OCCCNc3ccccn3)ccc12)OOC(=O)C(F)(F)F. The molecule has 1 atom stereocenters. The van der Waals surface area contributed by atoms with Crippen LogP contribution >= 0.6 is 0 Å². The van der Waals surface area contributed by atoms with Crippen LogP contribution in [0.3, 0.4) is 0 Å². The minimum atomic E-state index is -5.27. The fourth-order valence-corrected chi connectivity index (χ4v) is 3.88. The lowest BCUT2D eigenvalue weighted by molar-refractivity contribution is -0.285. The smallest absolute Gasteiger partial charge is 0.493 e. The molecule has 8 nitrogen and oxygen atoms in total.